The van der Waals surface area contributed by atoms with E-state index in [9.17, 15) is 8.42 Å². The summed E-state index contributed by atoms with van der Waals surface area (Å²) in [5, 5.41) is 8.77. The van der Waals surface area contributed by atoms with E-state index in [0.717, 1.165) is 5.56 Å². The Balaban J connectivity index is 2.09. The first-order valence-electron chi connectivity index (χ1n) is 5.91. The first kappa shape index (κ1) is 13.1. The number of nitriles is 1. The molecule has 4 nitrogen and oxygen atoms in total. The fourth-order valence-electron chi connectivity index (χ4n) is 2.08. The smallest absolute Gasteiger partial charge is 0.263 e. The van der Waals surface area contributed by atoms with Crippen molar-refractivity contribution in [1.82, 2.24) is 0 Å². The lowest BCUT2D eigenvalue weighted by molar-refractivity contribution is 0.214. The van der Waals surface area contributed by atoms with Crippen molar-refractivity contribution in [3.8, 4) is 6.07 Å². The summed E-state index contributed by atoms with van der Waals surface area (Å²) in [5.74, 6) is -0.0804. The molecule has 1 fully saturated rings. The molecule has 0 unspecified atom stereocenters. The summed E-state index contributed by atoms with van der Waals surface area (Å²) >= 11 is 0. The predicted octanol–water partition coefficient (Wildman–Crippen LogP) is 2.39. The Bertz CT molecular complexity index is 557. The van der Waals surface area contributed by atoms with Crippen molar-refractivity contribution in [3.63, 3.8) is 0 Å². The first-order valence-corrected chi connectivity index (χ1v) is 7.31. The van der Waals surface area contributed by atoms with Crippen LogP contribution in [0.1, 0.15) is 24.8 Å². The summed E-state index contributed by atoms with van der Waals surface area (Å²) in [6.45, 7) is 1.89. The van der Waals surface area contributed by atoms with Crippen LogP contribution in [-0.2, 0) is 14.3 Å². The minimum Gasteiger partial charge on any atom is -0.263 e. The predicted molar refractivity (Wildman–Crippen MR) is 66.2 cm³/mol. The maximum atomic E-state index is 12.0. The van der Waals surface area contributed by atoms with Crippen LogP contribution in [0.25, 0.3) is 0 Å². The van der Waals surface area contributed by atoms with Gasteiger partial charge in [-0.1, -0.05) is 17.7 Å². The van der Waals surface area contributed by atoms with E-state index in [4.69, 9.17) is 9.44 Å². The molecule has 1 aromatic rings. The maximum Gasteiger partial charge on any atom is 0.297 e. The average Bonchev–Trinajstić information content (AvgIpc) is 2.76. The van der Waals surface area contributed by atoms with Crippen molar-refractivity contribution in [2.45, 2.75) is 37.2 Å². The molecular weight excluding hydrogens is 250 g/mol. The second-order valence-electron chi connectivity index (χ2n) is 4.62. The summed E-state index contributed by atoms with van der Waals surface area (Å²) in [6, 6.07) is 8.72. The molecule has 0 amide bonds. The Labute approximate surface area is 107 Å². The van der Waals surface area contributed by atoms with Crippen molar-refractivity contribution in [1.29, 1.82) is 5.26 Å². The standard InChI is InChI=1S/C13H15NO3S/c1-10-2-6-13(7-3-10)18(15,16)17-12-5-4-11(8-12)9-14/h2-3,6-7,11-12H,4-5,8H2,1H3/t11-,12+/m1/s1. The van der Waals surface area contributed by atoms with Crippen LogP contribution in [0.2, 0.25) is 0 Å². The molecule has 1 aliphatic carbocycles. The van der Waals surface area contributed by atoms with E-state index >= 15 is 0 Å². The van der Waals surface area contributed by atoms with E-state index in [-0.39, 0.29) is 16.9 Å². The molecule has 5 heteroatoms. The Morgan fingerprint density at radius 3 is 2.50 bits per heavy atom. The highest BCUT2D eigenvalue weighted by molar-refractivity contribution is 7.86. The molecule has 2 rings (SSSR count). The second kappa shape index (κ2) is 5.09. The third-order valence-corrected chi connectivity index (χ3v) is 4.51. The number of aryl methyl sites for hydroxylation is 1. The molecular formula is C13H15NO3S. The van der Waals surface area contributed by atoms with Gasteiger partial charge in [0.15, 0.2) is 0 Å². The van der Waals surface area contributed by atoms with Crippen LogP contribution in [0.15, 0.2) is 29.2 Å². The minimum absolute atomic E-state index is 0.0804. The zero-order valence-electron chi connectivity index (χ0n) is 10.2. The molecule has 96 valence electrons. The summed E-state index contributed by atoms with van der Waals surface area (Å²) in [4.78, 5) is 0.175. The van der Waals surface area contributed by atoms with Gasteiger partial charge >= 0.3 is 0 Å². The number of nitrogens with zero attached hydrogens (tertiary/aromatic N) is 1. The highest BCUT2D eigenvalue weighted by atomic mass is 32.2. The van der Waals surface area contributed by atoms with Gasteiger partial charge in [-0.2, -0.15) is 13.7 Å². The Hall–Kier alpha value is -1.38. The quantitative estimate of drug-likeness (QED) is 0.787. The summed E-state index contributed by atoms with van der Waals surface area (Å²) in [6.07, 6.45) is 1.48. The van der Waals surface area contributed by atoms with Gasteiger partial charge in [0.05, 0.1) is 17.1 Å². The first-order chi connectivity index (χ1) is 8.51. The Kier molecular flexibility index (Phi) is 3.69. The van der Waals surface area contributed by atoms with Gasteiger partial charge in [0, 0.05) is 5.92 Å². The monoisotopic (exact) mass is 265 g/mol. The van der Waals surface area contributed by atoms with Gasteiger partial charge in [-0.15, -0.1) is 0 Å². The topological polar surface area (TPSA) is 67.2 Å². The van der Waals surface area contributed by atoms with Gasteiger partial charge in [0.1, 0.15) is 0 Å². The summed E-state index contributed by atoms with van der Waals surface area (Å²) < 4.78 is 29.2. The van der Waals surface area contributed by atoms with Crippen LogP contribution in [-0.4, -0.2) is 14.5 Å². The number of benzene rings is 1. The highest BCUT2D eigenvalue weighted by Crippen LogP contribution is 2.29. The SMILES string of the molecule is Cc1ccc(S(=O)(=O)O[C@H]2CC[C@@H](C#N)C2)cc1. The van der Waals surface area contributed by atoms with Gasteiger partial charge in [-0.05, 0) is 38.3 Å². The molecule has 1 saturated carbocycles. The zero-order chi connectivity index (χ0) is 13.2. The van der Waals surface area contributed by atoms with Gasteiger partial charge in [0.25, 0.3) is 10.1 Å². The van der Waals surface area contributed by atoms with Crippen LogP contribution >= 0.6 is 0 Å². The summed E-state index contributed by atoms with van der Waals surface area (Å²) in [5.41, 5.74) is 0.999. The molecule has 0 radical (unpaired) electrons. The molecule has 0 bridgehead atoms. The van der Waals surface area contributed by atoms with Gasteiger partial charge in [-0.3, -0.25) is 4.18 Å². The van der Waals surface area contributed by atoms with Crippen molar-refractivity contribution in [2.24, 2.45) is 5.92 Å². The molecule has 0 saturated heterocycles. The number of rotatable bonds is 3. The Morgan fingerprint density at radius 1 is 1.28 bits per heavy atom. The van der Waals surface area contributed by atoms with Crippen molar-refractivity contribution < 1.29 is 12.6 Å². The van der Waals surface area contributed by atoms with Gasteiger partial charge < -0.3 is 0 Å². The van der Waals surface area contributed by atoms with E-state index in [2.05, 4.69) is 6.07 Å². The second-order valence-corrected chi connectivity index (χ2v) is 6.20. The largest absolute Gasteiger partial charge is 0.297 e. The lowest BCUT2D eigenvalue weighted by Crippen LogP contribution is -2.16. The van der Waals surface area contributed by atoms with Crippen molar-refractivity contribution >= 4 is 10.1 Å². The molecule has 2 atom stereocenters. The minimum atomic E-state index is -3.70. The van der Waals surface area contributed by atoms with E-state index < -0.39 is 10.1 Å². The molecule has 0 heterocycles. The lowest BCUT2D eigenvalue weighted by atomic mass is 10.1. The van der Waals surface area contributed by atoms with Crippen LogP contribution in [0, 0.1) is 24.2 Å². The van der Waals surface area contributed by atoms with E-state index in [1.165, 1.54) is 0 Å². The third kappa shape index (κ3) is 2.89. The van der Waals surface area contributed by atoms with E-state index in [0.29, 0.717) is 19.3 Å². The molecule has 0 aliphatic heterocycles. The molecule has 0 N–H and O–H groups in total. The molecule has 0 aromatic heterocycles. The van der Waals surface area contributed by atoms with E-state index in [1.54, 1.807) is 24.3 Å². The lowest BCUT2D eigenvalue weighted by Gasteiger charge is -2.11. The molecule has 0 spiro atoms. The average molecular weight is 265 g/mol. The Morgan fingerprint density at radius 2 is 1.94 bits per heavy atom. The van der Waals surface area contributed by atoms with Gasteiger partial charge in [-0.25, -0.2) is 0 Å². The van der Waals surface area contributed by atoms with Gasteiger partial charge in [0.2, 0.25) is 0 Å². The number of hydrogen-bond donors (Lipinski definition) is 0. The zero-order valence-corrected chi connectivity index (χ0v) is 11.0. The van der Waals surface area contributed by atoms with Crippen LogP contribution in [0.4, 0.5) is 0 Å². The molecule has 1 aliphatic rings. The van der Waals surface area contributed by atoms with Crippen LogP contribution in [0.3, 0.4) is 0 Å². The molecule has 18 heavy (non-hydrogen) atoms. The van der Waals surface area contributed by atoms with Crippen LogP contribution < -0.4 is 0 Å². The summed E-state index contributed by atoms with van der Waals surface area (Å²) in [7, 11) is -3.70. The van der Waals surface area contributed by atoms with Crippen LogP contribution in [0.5, 0.6) is 0 Å². The van der Waals surface area contributed by atoms with Crippen molar-refractivity contribution in [2.75, 3.05) is 0 Å². The molecule has 1 aromatic carbocycles. The fourth-order valence-corrected chi connectivity index (χ4v) is 3.20. The van der Waals surface area contributed by atoms with Crippen molar-refractivity contribution in [3.05, 3.63) is 29.8 Å². The highest BCUT2D eigenvalue weighted by Gasteiger charge is 2.30. The van der Waals surface area contributed by atoms with E-state index in [1.807, 2.05) is 6.92 Å². The normalized spacial score (nSPS) is 23.8. The third-order valence-electron chi connectivity index (χ3n) is 3.14. The maximum absolute atomic E-state index is 12.0. The fraction of sp³-hybridized carbons (Fsp3) is 0.462. The number of hydrogen-bond acceptors (Lipinski definition) is 4.